The molecule has 2 heteroatoms. The number of Topliss-reactive ketones (excluding diaryl/α,β-unsaturated/α-hetero) is 1. The Morgan fingerprint density at radius 1 is 1.30 bits per heavy atom. The molecule has 0 saturated carbocycles. The first-order valence-corrected chi connectivity index (χ1v) is 7.90. The maximum atomic E-state index is 12.7. The van der Waals surface area contributed by atoms with Crippen LogP contribution in [0.5, 0.6) is 0 Å². The Morgan fingerprint density at radius 2 is 2.00 bits per heavy atom. The molecule has 0 amide bonds. The Kier molecular flexibility index (Phi) is 4.98. The van der Waals surface area contributed by atoms with Gasteiger partial charge in [0, 0.05) is 18.4 Å². The highest BCUT2D eigenvalue weighted by molar-refractivity contribution is 5.87. The molecule has 1 heterocycles. The van der Waals surface area contributed by atoms with E-state index in [4.69, 9.17) is 0 Å². The van der Waals surface area contributed by atoms with Crippen molar-refractivity contribution in [2.45, 2.75) is 52.4 Å². The number of hydrogen-bond donors (Lipinski definition) is 1. The molecular formula is C18H27NO. The fraction of sp³-hybridized carbons (Fsp3) is 0.611. The second-order valence-corrected chi connectivity index (χ2v) is 6.45. The van der Waals surface area contributed by atoms with E-state index in [1.807, 2.05) is 0 Å². The van der Waals surface area contributed by atoms with Crippen LogP contribution in [-0.4, -0.2) is 18.9 Å². The quantitative estimate of drug-likeness (QED) is 0.856. The second-order valence-electron chi connectivity index (χ2n) is 6.45. The first kappa shape index (κ1) is 15.2. The van der Waals surface area contributed by atoms with E-state index in [-0.39, 0.29) is 5.41 Å². The Morgan fingerprint density at radius 3 is 2.50 bits per heavy atom. The molecule has 1 fully saturated rings. The van der Waals surface area contributed by atoms with E-state index in [2.05, 4.69) is 50.4 Å². The summed E-state index contributed by atoms with van der Waals surface area (Å²) in [5, 5.41) is 3.37. The van der Waals surface area contributed by atoms with Gasteiger partial charge < -0.3 is 5.32 Å². The average molecular weight is 273 g/mol. The van der Waals surface area contributed by atoms with E-state index in [1.165, 1.54) is 5.56 Å². The van der Waals surface area contributed by atoms with Gasteiger partial charge in [0.05, 0.1) is 0 Å². The average Bonchev–Trinajstić information content (AvgIpc) is 2.89. The van der Waals surface area contributed by atoms with Crippen LogP contribution in [0.3, 0.4) is 0 Å². The predicted molar refractivity (Wildman–Crippen MR) is 84.1 cm³/mol. The van der Waals surface area contributed by atoms with Crippen LogP contribution in [-0.2, 0) is 11.2 Å². The van der Waals surface area contributed by atoms with Crippen molar-refractivity contribution in [3.05, 3.63) is 35.4 Å². The fourth-order valence-corrected chi connectivity index (χ4v) is 3.21. The minimum Gasteiger partial charge on any atom is -0.316 e. The normalized spacial score (nSPS) is 22.4. The number of ketones is 1. The number of hydrogen-bond acceptors (Lipinski definition) is 2. The highest BCUT2D eigenvalue weighted by atomic mass is 16.1. The Balaban J connectivity index is 2.06. The van der Waals surface area contributed by atoms with E-state index in [1.54, 1.807) is 0 Å². The molecule has 1 aromatic carbocycles. The molecule has 1 aliphatic heterocycles. The zero-order valence-electron chi connectivity index (χ0n) is 13.0. The van der Waals surface area contributed by atoms with Crippen LogP contribution in [0, 0.1) is 5.41 Å². The van der Waals surface area contributed by atoms with Gasteiger partial charge in [0.2, 0.25) is 0 Å². The van der Waals surface area contributed by atoms with Crippen LogP contribution in [0.1, 0.15) is 57.1 Å². The molecule has 0 radical (unpaired) electrons. The van der Waals surface area contributed by atoms with Gasteiger partial charge in [0.25, 0.3) is 0 Å². The number of nitrogens with one attached hydrogen (secondary N) is 1. The zero-order valence-corrected chi connectivity index (χ0v) is 13.0. The van der Waals surface area contributed by atoms with Crippen LogP contribution < -0.4 is 5.32 Å². The fourth-order valence-electron chi connectivity index (χ4n) is 3.21. The molecule has 1 saturated heterocycles. The summed E-state index contributed by atoms with van der Waals surface area (Å²) in [4.78, 5) is 12.7. The molecular weight excluding hydrogens is 246 g/mol. The van der Waals surface area contributed by atoms with Gasteiger partial charge in [-0.2, -0.15) is 0 Å². The first-order valence-electron chi connectivity index (χ1n) is 7.90. The van der Waals surface area contributed by atoms with Crippen molar-refractivity contribution < 1.29 is 4.79 Å². The maximum Gasteiger partial charge on any atom is 0.144 e. The highest BCUT2D eigenvalue weighted by Gasteiger charge is 2.39. The summed E-state index contributed by atoms with van der Waals surface area (Å²) in [6.07, 6.45) is 3.69. The molecule has 1 aromatic rings. The molecule has 1 atom stereocenters. The summed E-state index contributed by atoms with van der Waals surface area (Å²) in [6, 6.07) is 8.56. The van der Waals surface area contributed by atoms with Gasteiger partial charge in [-0.1, -0.05) is 51.5 Å². The first-order chi connectivity index (χ1) is 9.57. The van der Waals surface area contributed by atoms with Crippen molar-refractivity contribution >= 4 is 5.78 Å². The molecule has 1 N–H and O–H groups in total. The smallest absolute Gasteiger partial charge is 0.144 e. The minimum atomic E-state index is -0.106. The van der Waals surface area contributed by atoms with Crippen LogP contribution in [0.2, 0.25) is 0 Å². The topological polar surface area (TPSA) is 29.1 Å². The Bertz CT molecular complexity index is 441. The highest BCUT2D eigenvalue weighted by Crippen LogP contribution is 2.33. The Hall–Kier alpha value is -1.15. The van der Waals surface area contributed by atoms with Crippen molar-refractivity contribution in [3.63, 3.8) is 0 Å². The summed E-state index contributed by atoms with van der Waals surface area (Å²) < 4.78 is 0. The number of carbonyl (C=O) groups is 1. The predicted octanol–water partition coefficient (Wildman–Crippen LogP) is 3.70. The molecule has 2 rings (SSSR count). The van der Waals surface area contributed by atoms with Gasteiger partial charge in [-0.15, -0.1) is 0 Å². The minimum absolute atomic E-state index is 0.106. The van der Waals surface area contributed by atoms with Crippen LogP contribution in [0.4, 0.5) is 0 Å². The monoisotopic (exact) mass is 273 g/mol. The van der Waals surface area contributed by atoms with E-state index in [0.29, 0.717) is 18.1 Å². The lowest BCUT2D eigenvalue weighted by molar-refractivity contribution is -0.127. The summed E-state index contributed by atoms with van der Waals surface area (Å²) in [6.45, 7) is 8.41. The van der Waals surface area contributed by atoms with E-state index in [9.17, 15) is 4.79 Å². The van der Waals surface area contributed by atoms with E-state index < -0.39 is 0 Å². The third-order valence-corrected chi connectivity index (χ3v) is 4.57. The van der Waals surface area contributed by atoms with Crippen molar-refractivity contribution in [2.75, 3.05) is 13.1 Å². The van der Waals surface area contributed by atoms with Gasteiger partial charge in [0.15, 0.2) is 0 Å². The molecule has 0 aliphatic carbocycles. The van der Waals surface area contributed by atoms with Gasteiger partial charge in [-0.3, -0.25) is 4.79 Å². The maximum absolute atomic E-state index is 12.7. The summed E-state index contributed by atoms with van der Waals surface area (Å²) in [7, 11) is 0. The molecule has 0 bridgehead atoms. The number of rotatable bonds is 6. The molecule has 0 aromatic heterocycles. The van der Waals surface area contributed by atoms with Crippen LogP contribution in [0.25, 0.3) is 0 Å². The molecule has 110 valence electrons. The second kappa shape index (κ2) is 6.53. The largest absolute Gasteiger partial charge is 0.316 e. The molecule has 1 aliphatic rings. The molecule has 1 unspecified atom stereocenters. The zero-order chi connectivity index (χ0) is 14.6. The number of benzene rings is 1. The number of carbonyl (C=O) groups excluding carboxylic acids is 1. The molecule has 20 heavy (non-hydrogen) atoms. The van der Waals surface area contributed by atoms with Crippen molar-refractivity contribution in [2.24, 2.45) is 5.41 Å². The SMILES string of the molecule is CCCC1(C(=O)Cc2ccc(C(C)C)cc2)CCNC1. The van der Waals surface area contributed by atoms with E-state index >= 15 is 0 Å². The third kappa shape index (κ3) is 3.29. The van der Waals surface area contributed by atoms with Crippen LogP contribution >= 0.6 is 0 Å². The standard InChI is InChI=1S/C18H27NO/c1-4-9-18(10-11-19-13-18)17(20)12-15-5-7-16(8-6-15)14(2)3/h5-8,14,19H,4,9-13H2,1-3H3. The lowest BCUT2D eigenvalue weighted by Gasteiger charge is -2.26. The summed E-state index contributed by atoms with van der Waals surface area (Å²) in [5.74, 6) is 0.965. The molecule has 2 nitrogen and oxygen atoms in total. The lowest BCUT2D eigenvalue weighted by Crippen LogP contribution is -2.34. The van der Waals surface area contributed by atoms with Crippen molar-refractivity contribution in [1.29, 1.82) is 0 Å². The van der Waals surface area contributed by atoms with E-state index in [0.717, 1.165) is 37.9 Å². The summed E-state index contributed by atoms with van der Waals surface area (Å²) in [5.41, 5.74) is 2.39. The van der Waals surface area contributed by atoms with Gasteiger partial charge >= 0.3 is 0 Å². The molecule has 0 spiro atoms. The lowest BCUT2D eigenvalue weighted by atomic mass is 9.76. The van der Waals surface area contributed by atoms with Crippen molar-refractivity contribution in [1.82, 2.24) is 5.32 Å². The summed E-state index contributed by atoms with van der Waals surface area (Å²) >= 11 is 0. The van der Waals surface area contributed by atoms with Gasteiger partial charge in [-0.05, 0) is 36.4 Å². The van der Waals surface area contributed by atoms with Crippen LogP contribution in [0.15, 0.2) is 24.3 Å². The van der Waals surface area contributed by atoms with Crippen molar-refractivity contribution in [3.8, 4) is 0 Å². The Labute approximate surface area is 123 Å². The van der Waals surface area contributed by atoms with Gasteiger partial charge in [-0.25, -0.2) is 0 Å². The third-order valence-electron chi connectivity index (χ3n) is 4.57. The van der Waals surface area contributed by atoms with Gasteiger partial charge in [0.1, 0.15) is 5.78 Å².